The number of aryl methyl sites for hydroxylation is 2. The lowest BCUT2D eigenvalue weighted by Crippen LogP contribution is -2.12. The molecule has 0 heterocycles. The van der Waals surface area contributed by atoms with Crippen LogP contribution in [0.5, 0.6) is 0 Å². The fourth-order valence-corrected chi connectivity index (χ4v) is 3.30. The van der Waals surface area contributed by atoms with Gasteiger partial charge in [-0.15, -0.1) is 11.8 Å². The van der Waals surface area contributed by atoms with E-state index >= 15 is 0 Å². The summed E-state index contributed by atoms with van der Waals surface area (Å²) < 4.78 is 0. The van der Waals surface area contributed by atoms with Crippen molar-refractivity contribution in [1.29, 1.82) is 0 Å². The lowest BCUT2D eigenvalue weighted by Gasteiger charge is -2.09. The fraction of sp³-hybridized carbons (Fsp3) is 0.235. The number of amides is 1. The van der Waals surface area contributed by atoms with Gasteiger partial charge in [-0.2, -0.15) is 0 Å². The van der Waals surface area contributed by atoms with E-state index in [-0.39, 0.29) is 5.91 Å². The first-order chi connectivity index (χ1) is 10.2. The summed E-state index contributed by atoms with van der Waals surface area (Å²) in [5, 5.41) is 3.43. The first-order valence-corrected chi connectivity index (χ1v) is 8.54. The molecule has 21 heavy (non-hydrogen) atoms. The van der Waals surface area contributed by atoms with Gasteiger partial charge in [-0.1, -0.05) is 17.7 Å². The first-order valence-electron chi connectivity index (χ1n) is 6.94. The molecule has 0 saturated carbocycles. The van der Waals surface area contributed by atoms with E-state index in [4.69, 9.17) is 11.6 Å². The van der Waals surface area contributed by atoms with E-state index in [1.165, 1.54) is 17.5 Å². The number of hydrogen-bond donors (Lipinski definition) is 1. The monoisotopic (exact) mass is 317 g/mol. The zero-order valence-electron chi connectivity index (χ0n) is 11.8. The summed E-state index contributed by atoms with van der Waals surface area (Å²) in [5.74, 6) is -0.158. The van der Waals surface area contributed by atoms with Crippen molar-refractivity contribution in [3.05, 3.63) is 58.1 Å². The van der Waals surface area contributed by atoms with Crippen LogP contribution < -0.4 is 5.32 Å². The summed E-state index contributed by atoms with van der Waals surface area (Å²) in [6.07, 6.45) is 5.42. The third-order valence-corrected chi connectivity index (χ3v) is 4.83. The van der Waals surface area contributed by atoms with Gasteiger partial charge in [-0.05, 0) is 67.0 Å². The van der Waals surface area contributed by atoms with Crippen molar-refractivity contribution in [2.75, 3.05) is 11.6 Å². The maximum absolute atomic E-state index is 12.4. The topological polar surface area (TPSA) is 29.1 Å². The summed E-state index contributed by atoms with van der Waals surface area (Å²) in [5.41, 5.74) is 4.10. The number of thioether (sulfide) groups is 1. The van der Waals surface area contributed by atoms with Gasteiger partial charge in [0.1, 0.15) is 0 Å². The molecule has 0 bridgehead atoms. The molecule has 0 radical (unpaired) electrons. The van der Waals surface area contributed by atoms with Gasteiger partial charge in [0, 0.05) is 10.6 Å². The van der Waals surface area contributed by atoms with Crippen molar-refractivity contribution < 1.29 is 4.79 Å². The quantitative estimate of drug-likeness (QED) is 0.824. The molecular weight excluding hydrogens is 302 g/mol. The van der Waals surface area contributed by atoms with Gasteiger partial charge in [-0.3, -0.25) is 4.79 Å². The van der Waals surface area contributed by atoms with Crippen LogP contribution in [0, 0.1) is 0 Å². The zero-order valence-corrected chi connectivity index (χ0v) is 13.4. The third kappa shape index (κ3) is 3.09. The largest absolute Gasteiger partial charge is 0.322 e. The Morgan fingerprint density at radius 3 is 2.76 bits per heavy atom. The van der Waals surface area contributed by atoms with Crippen LogP contribution in [0.3, 0.4) is 0 Å². The van der Waals surface area contributed by atoms with Crippen molar-refractivity contribution in [2.24, 2.45) is 0 Å². The van der Waals surface area contributed by atoms with Gasteiger partial charge < -0.3 is 5.32 Å². The molecule has 0 saturated heterocycles. The summed E-state index contributed by atoms with van der Waals surface area (Å²) in [6.45, 7) is 0. The molecular formula is C17H16ClNOS. The second kappa shape index (κ2) is 6.12. The zero-order chi connectivity index (χ0) is 14.8. The predicted molar refractivity (Wildman–Crippen MR) is 89.7 cm³/mol. The molecule has 2 aromatic carbocycles. The maximum atomic E-state index is 12.4. The van der Waals surface area contributed by atoms with Crippen molar-refractivity contribution in [3.8, 4) is 0 Å². The molecule has 1 aliphatic carbocycles. The van der Waals surface area contributed by atoms with Crippen molar-refractivity contribution in [3.63, 3.8) is 0 Å². The molecule has 1 amide bonds. The SMILES string of the molecule is CSc1ccc(Cl)c(C(=O)Nc2ccc3c(c2)CCC3)c1. The Labute approximate surface area is 133 Å². The second-order valence-corrected chi connectivity index (χ2v) is 6.42. The average Bonchev–Trinajstić information content (AvgIpc) is 2.95. The van der Waals surface area contributed by atoms with Gasteiger partial charge in [0.15, 0.2) is 0 Å². The van der Waals surface area contributed by atoms with Crippen LogP contribution in [-0.2, 0) is 12.8 Å². The van der Waals surface area contributed by atoms with Crippen molar-refractivity contribution in [1.82, 2.24) is 0 Å². The van der Waals surface area contributed by atoms with Gasteiger partial charge >= 0.3 is 0 Å². The van der Waals surface area contributed by atoms with E-state index < -0.39 is 0 Å². The standard InChI is InChI=1S/C17H16ClNOS/c1-21-14-7-8-16(18)15(10-14)17(20)19-13-6-5-11-3-2-4-12(11)9-13/h5-10H,2-4H2,1H3,(H,19,20). The van der Waals surface area contributed by atoms with Crippen LogP contribution in [0.1, 0.15) is 27.9 Å². The smallest absolute Gasteiger partial charge is 0.257 e. The van der Waals surface area contributed by atoms with E-state index in [9.17, 15) is 4.79 Å². The van der Waals surface area contributed by atoms with E-state index in [0.29, 0.717) is 10.6 Å². The van der Waals surface area contributed by atoms with Gasteiger partial charge in [0.25, 0.3) is 5.91 Å². The molecule has 2 nitrogen and oxygen atoms in total. The molecule has 1 N–H and O–H groups in total. The Hall–Kier alpha value is -1.45. The normalized spacial score (nSPS) is 13.0. The third-order valence-electron chi connectivity index (χ3n) is 3.77. The van der Waals surface area contributed by atoms with Gasteiger partial charge in [0.05, 0.1) is 10.6 Å². The van der Waals surface area contributed by atoms with E-state index in [1.54, 1.807) is 17.8 Å². The minimum absolute atomic E-state index is 0.158. The number of fused-ring (bicyclic) bond motifs is 1. The summed E-state index contributed by atoms with van der Waals surface area (Å²) >= 11 is 7.73. The number of anilines is 1. The summed E-state index contributed by atoms with van der Waals surface area (Å²) in [7, 11) is 0. The Kier molecular flexibility index (Phi) is 4.22. The number of carbonyl (C=O) groups is 1. The van der Waals surface area contributed by atoms with Crippen LogP contribution in [0.25, 0.3) is 0 Å². The molecule has 2 aromatic rings. The molecule has 0 aromatic heterocycles. The first kappa shape index (κ1) is 14.5. The number of hydrogen-bond acceptors (Lipinski definition) is 2. The number of rotatable bonds is 3. The van der Waals surface area contributed by atoms with Crippen LogP contribution in [0.2, 0.25) is 5.02 Å². The Bertz CT molecular complexity index is 699. The molecule has 0 unspecified atom stereocenters. The second-order valence-electron chi connectivity index (χ2n) is 5.14. The molecule has 0 spiro atoms. The number of halogens is 1. The minimum atomic E-state index is -0.158. The molecule has 108 valence electrons. The lowest BCUT2D eigenvalue weighted by atomic mass is 10.1. The lowest BCUT2D eigenvalue weighted by molar-refractivity contribution is 0.102. The molecule has 0 atom stereocenters. The Balaban J connectivity index is 1.83. The van der Waals surface area contributed by atoms with Gasteiger partial charge in [-0.25, -0.2) is 0 Å². The molecule has 1 aliphatic rings. The minimum Gasteiger partial charge on any atom is -0.322 e. The van der Waals surface area contributed by atoms with E-state index in [1.807, 2.05) is 24.5 Å². The van der Waals surface area contributed by atoms with Crippen molar-refractivity contribution >= 4 is 35.0 Å². The Morgan fingerprint density at radius 2 is 1.95 bits per heavy atom. The summed E-state index contributed by atoms with van der Waals surface area (Å²) in [6, 6.07) is 11.7. The maximum Gasteiger partial charge on any atom is 0.257 e. The highest BCUT2D eigenvalue weighted by atomic mass is 35.5. The number of benzene rings is 2. The van der Waals surface area contributed by atoms with Crippen LogP contribution in [-0.4, -0.2) is 12.2 Å². The summed E-state index contributed by atoms with van der Waals surface area (Å²) in [4.78, 5) is 13.4. The molecule has 3 rings (SSSR count). The highest BCUT2D eigenvalue weighted by Crippen LogP contribution is 2.27. The highest BCUT2D eigenvalue weighted by Gasteiger charge is 2.14. The van der Waals surface area contributed by atoms with Crippen LogP contribution >= 0.6 is 23.4 Å². The molecule has 4 heteroatoms. The molecule has 0 fully saturated rings. The number of carbonyl (C=O) groups excluding carboxylic acids is 1. The molecule has 0 aliphatic heterocycles. The van der Waals surface area contributed by atoms with Crippen molar-refractivity contribution in [2.45, 2.75) is 24.2 Å². The Morgan fingerprint density at radius 1 is 1.14 bits per heavy atom. The van der Waals surface area contributed by atoms with Crippen LogP contribution in [0.15, 0.2) is 41.3 Å². The van der Waals surface area contributed by atoms with E-state index in [0.717, 1.165) is 23.4 Å². The van der Waals surface area contributed by atoms with Crippen LogP contribution in [0.4, 0.5) is 5.69 Å². The van der Waals surface area contributed by atoms with Gasteiger partial charge in [0.2, 0.25) is 0 Å². The predicted octanol–water partition coefficient (Wildman–Crippen LogP) is 4.80. The average molecular weight is 318 g/mol. The number of nitrogens with one attached hydrogen (secondary N) is 1. The fourth-order valence-electron chi connectivity index (χ4n) is 2.65. The highest BCUT2D eigenvalue weighted by molar-refractivity contribution is 7.98. The van der Waals surface area contributed by atoms with E-state index in [2.05, 4.69) is 17.4 Å².